The second-order valence-electron chi connectivity index (χ2n) is 7.57. The number of nitrogens with zero attached hydrogens (tertiary/aromatic N) is 5. The maximum absolute atomic E-state index is 12.4. The normalized spacial score (nSPS) is 11.1. The molecule has 4 aromatic rings. The van der Waals surface area contributed by atoms with Gasteiger partial charge in [0.1, 0.15) is 5.82 Å². The molecule has 0 saturated heterocycles. The van der Waals surface area contributed by atoms with E-state index in [1.807, 2.05) is 48.8 Å². The molecule has 1 aromatic carbocycles. The van der Waals surface area contributed by atoms with E-state index >= 15 is 0 Å². The zero-order chi connectivity index (χ0) is 21.6. The number of hydrogen-bond acceptors (Lipinski definition) is 6. The number of carbonyl (C=O) groups is 1. The molecular weight excluding hydrogens is 392 g/mol. The Morgan fingerprint density at radius 3 is 2.90 bits per heavy atom. The molecular formula is C23H24N6O2. The summed E-state index contributed by atoms with van der Waals surface area (Å²) < 4.78 is 7.38. The van der Waals surface area contributed by atoms with Crippen LogP contribution in [0, 0.1) is 0 Å². The average Bonchev–Trinajstić information content (AvgIpc) is 3.43. The van der Waals surface area contributed by atoms with Crippen molar-refractivity contribution in [2.24, 2.45) is 0 Å². The van der Waals surface area contributed by atoms with Gasteiger partial charge in [-0.1, -0.05) is 31.1 Å². The van der Waals surface area contributed by atoms with Crippen LogP contribution >= 0.6 is 0 Å². The molecule has 3 aromatic heterocycles. The molecule has 4 rings (SSSR count). The van der Waals surface area contributed by atoms with E-state index in [0.29, 0.717) is 30.6 Å². The van der Waals surface area contributed by atoms with Crippen molar-refractivity contribution in [2.45, 2.75) is 39.2 Å². The van der Waals surface area contributed by atoms with Gasteiger partial charge in [-0.3, -0.25) is 9.78 Å². The Morgan fingerprint density at radius 1 is 1.19 bits per heavy atom. The van der Waals surface area contributed by atoms with Crippen LogP contribution < -0.4 is 5.32 Å². The van der Waals surface area contributed by atoms with Crippen molar-refractivity contribution in [3.8, 4) is 11.4 Å². The molecule has 8 nitrogen and oxygen atoms in total. The van der Waals surface area contributed by atoms with Crippen LogP contribution in [0.5, 0.6) is 0 Å². The summed E-state index contributed by atoms with van der Waals surface area (Å²) >= 11 is 0. The molecule has 0 radical (unpaired) electrons. The number of imidazole rings is 1. The number of anilines is 1. The van der Waals surface area contributed by atoms with Crippen molar-refractivity contribution >= 4 is 11.6 Å². The highest BCUT2D eigenvalue weighted by molar-refractivity contribution is 5.90. The fraction of sp³-hybridized carbons (Fsp3) is 0.261. The van der Waals surface area contributed by atoms with Crippen LogP contribution in [0.2, 0.25) is 0 Å². The number of rotatable bonds is 8. The van der Waals surface area contributed by atoms with Gasteiger partial charge in [-0.05, 0) is 29.8 Å². The van der Waals surface area contributed by atoms with Crippen LogP contribution in [-0.2, 0) is 17.8 Å². The molecule has 158 valence electrons. The van der Waals surface area contributed by atoms with Crippen molar-refractivity contribution in [3.63, 3.8) is 0 Å². The first kappa shape index (κ1) is 20.5. The molecule has 0 aliphatic rings. The minimum atomic E-state index is -0.108. The van der Waals surface area contributed by atoms with Gasteiger partial charge in [-0.2, -0.15) is 4.98 Å². The van der Waals surface area contributed by atoms with Crippen molar-refractivity contribution < 1.29 is 9.32 Å². The summed E-state index contributed by atoms with van der Waals surface area (Å²) in [6, 6.07) is 11.5. The Balaban J connectivity index is 1.33. The molecule has 31 heavy (non-hydrogen) atoms. The largest absolute Gasteiger partial charge is 0.339 e. The van der Waals surface area contributed by atoms with Crippen LogP contribution in [0.4, 0.5) is 5.69 Å². The van der Waals surface area contributed by atoms with E-state index in [1.165, 1.54) is 0 Å². The van der Waals surface area contributed by atoms with E-state index in [2.05, 4.69) is 43.8 Å². The number of aryl methyl sites for hydroxylation is 1. The van der Waals surface area contributed by atoms with Crippen molar-refractivity contribution in [3.05, 3.63) is 78.5 Å². The zero-order valence-electron chi connectivity index (χ0n) is 17.5. The van der Waals surface area contributed by atoms with Gasteiger partial charge in [-0.25, -0.2) is 4.98 Å². The highest BCUT2D eigenvalue weighted by atomic mass is 16.5. The third-order valence-corrected chi connectivity index (χ3v) is 4.78. The van der Waals surface area contributed by atoms with Crippen LogP contribution in [0.3, 0.4) is 0 Å². The Hall–Kier alpha value is -3.81. The van der Waals surface area contributed by atoms with Crippen LogP contribution in [0.1, 0.15) is 43.5 Å². The minimum absolute atomic E-state index is 0.108. The standard InChI is InChI=1S/C23H24N6O2/c1-16(2)23-25-11-12-29(23)15-17-5-3-7-19(13-17)26-20(30)8-9-21-27-22(28-31-21)18-6-4-10-24-14-18/h3-7,10-14,16H,8-9,15H2,1-2H3,(H,26,30). The summed E-state index contributed by atoms with van der Waals surface area (Å²) in [5.41, 5.74) is 2.63. The Bertz CT molecular complexity index is 1150. The summed E-state index contributed by atoms with van der Waals surface area (Å²) in [5, 5.41) is 6.89. The Kier molecular flexibility index (Phi) is 6.16. The summed E-state index contributed by atoms with van der Waals surface area (Å²) in [7, 11) is 0. The smallest absolute Gasteiger partial charge is 0.227 e. The highest BCUT2D eigenvalue weighted by Gasteiger charge is 2.12. The Labute approximate surface area is 180 Å². The predicted octanol–water partition coefficient (Wildman–Crippen LogP) is 4.07. The van der Waals surface area contributed by atoms with Gasteiger partial charge in [0.15, 0.2) is 0 Å². The highest BCUT2D eigenvalue weighted by Crippen LogP contribution is 2.17. The van der Waals surface area contributed by atoms with E-state index in [4.69, 9.17) is 4.52 Å². The van der Waals surface area contributed by atoms with Crippen LogP contribution in [-0.4, -0.2) is 30.6 Å². The quantitative estimate of drug-likeness (QED) is 0.465. The van der Waals surface area contributed by atoms with Crippen molar-refractivity contribution in [2.75, 3.05) is 5.32 Å². The average molecular weight is 416 g/mol. The molecule has 8 heteroatoms. The molecule has 0 fully saturated rings. The van der Waals surface area contributed by atoms with Gasteiger partial charge in [0.25, 0.3) is 0 Å². The predicted molar refractivity (Wildman–Crippen MR) is 116 cm³/mol. The van der Waals surface area contributed by atoms with E-state index in [0.717, 1.165) is 22.6 Å². The number of pyridine rings is 1. The van der Waals surface area contributed by atoms with Gasteiger partial charge in [0.2, 0.25) is 17.6 Å². The second kappa shape index (κ2) is 9.34. The first-order valence-electron chi connectivity index (χ1n) is 10.2. The number of nitrogens with one attached hydrogen (secondary N) is 1. The number of aromatic nitrogens is 5. The van der Waals surface area contributed by atoms with Gasteiger partial charge in [-0.15, -0.1) is 0 Å². The van der Waals surface area contributed by atoms with Gasteiger partial charge < -0.3 is 14.4 Å². The lowest BCUT2D eigenvalue weighted by Gasteiger charge is -2.12. The summed E-state index contributed by atoms with van der Waals surface area (Å²) in [6.45, 7) is 4.95. The van der Waals surface area contributed by atoms with E-state index in [1.54, 1.807) is 12.4 Å². The molecule has 0 atom stereocenters. The number of amides is 1. The van der Waals surface area contributed by atoms with Crippen LogP contribution in [0.25, 0.3) is 11.4 Å². The molecule has 0 aliphatic heterocycles. The Morgan fingerprint density at radius 2 is 2.10 bits per heavy atom. The zero-order valence-corrected chi connectivity index (χ0v) is 17.5. The molecule has 0 bridgehead atoms. The molecule has 0 aliphatic carbocycles. The van der Waals surface area contributed by atoms with Crippen molar-refractivity contribution in [1.82, 2.24) is 24.7 Å². The number of carbonyl (C=O) groups excluding carboxylic acids is 1. The molecule has 1 amide bonds. The monoisotopic (exact) mass is 416 g/mol. The second-order valence-corrected chi connectivity index (χ2v) is 7.57. The lowest BCUT2D eigenvalue weighted by molar-refractivity contribution is -0.116. The molecule has 0 spiro atoms. The minimum Gasteiger partial charge on any atom is -0.339 e. The fourth-order valence-electron chi connectivity index (χ4n) is 3.31. The van der Waals surface area contributed by atoms with Gasteiger partial charge >= 0.3 is 0 Å². The lowest BCUT2D eigenvalue weighted by Crippen LogP contribution is -2.13. The summed E-state index contributed by atoms with van der Waals surface area (Å²) in [4.78, 5) is 25.2. The third-order valence-electron chi connectivity index (χ3n) is 4.78. The van der Waals surface area contributed by atoms with Gasteiger partial charge in [0.05, 0.1) is 0 Å². The molecule has 0 saturated carbocycles. The van der Waals surface area contributed by atoms with Crippen molar-refractivity contribution in [1.29, 1.82) is 0 Å². The fourth-order valence-corrected chi connectivity index (χ4v) is 3.31. The first-order valence-corrected chi connectivity index (χ1v) is 10.2. The van der Waals surface area contributed by atoms with E-state index in [9.17, 15) is 4.79 Å². The number of hydrogen-bond donors (Lipinski definition) is 1. The number of benzene rings is 1. The maximum Gasteiger partial charge on any atom is 0.227 e. The topological polar surface area (TPSA) is 98.7 Å². The third kappa shape index (κ3) is 5.22. The van der Waals surface area contributed by atoms with E-state index < -0.39 is 0 Å². The van der Waals surface area contributed by atoms with Gasteiger partial charge in [0, 0.05) is 61.3 Å². The maximum atomic E-state index is 12.4. The SMILES string of the molecule is CC(C)c1nccn1Cc1cccc(NC(=O)CCc2nc(-c3cccnc3)no2)c1. The molecule has 3 heterocycles. The van der Waals surface area contributed by atoms with Crippen LogP contribution in [0.15, 0.2) is 65.7 Å². The first-order chi connectivity index (χ1) is 15.1. The van der Waals surface area contributed by atoms with E-state index in [-0.39, 0.29) is 12.3 Å². The molecule has 1 N–H and O–H groups in total. The summed E-state index contributed by atoms with van der Waals surface area (Å²) in [5.74, 6) is 2.17. The lowest BCUT2D eigenvalue weighted by atomic mass is 10.1. The molecule has 0 unspecified atom stereocenters. The summed E-state index contributed by atoms with van der Waals surface area (Å²) in [6.07, 6.45) is 7.76.